The van der Waals surface area contributed by atoms with Gasteiger partial charge >= 0.3 is 6.18 Å². The molecule has 0 bridgehead atoms. The summed E-state index contributed by atoms with van der Waals surface area (Å²) in [5.41, 5.74) is -1.47. The lowest BCUT2D eigenvalue weighted by Crippen LogP contribution is -2.47. The average molecular weight is 303 g/mol. The molecule has 1 aromatic rings. The first-order chi connectivity index (χ1) is 9.78. The molecule has 0 radical (unpaired) electrons. The number of hydrogen-bond acceptors (Lipinski definition) is 3. The van der Waals surface area contributed by atoms with Crippen LogP contribution in [-0.2, 0) is 6.18 Å². The summed E-state index contributed by atoms with van der Waals surface area (Å²) in [6.45, 7) is 3.81. The number of β-amino-alcohol motifs (C(OH)–C–C–N with tert-alkyl or cyclic N) is 1. The number of halogens is 3. The molecule has 2 rings (SSSR count). The fraction of sp³-hybridized carbons (Fsp3) is 0.600. The lowest BCUT2D eigenvalue weighted by molar-refractivity contribution is -0.139. The normalized spacial score (nSPS) is 24.0. The van der Waals surface area contributed by atoms with Gasteiger partial charge in [-0.2, -0.15) is 13.2 Å². The minimum Gasteiger partial charge on any atom is -0.492 e. The molecule has 0 saturated carbocycles. The number of para-hydroxylation sites is 1. The van der Waals surface area contributed by atoms with Gasteiger partial charge in [0.2, 0.25) is 0 Å². The third kappa shape index (κ3) is 4.61. The highest BCUT2D eigenvalue weighted by Gasteiger charge is 2.34. The van der Waals surface area contributed by atoms with Crippen molar-refractivity contribution in [3.05, 3.63) is 29.8 Å². The van der Waals surface area contributed by atoms with Crippen molar-refractivity contribution in [1.82, 2.24) is 4.90 Å². The molecule has 1 aromatic carbocycles. The molecule has 1 aliphatic heterocycles. The van der Waals surface area contributed by atoms with Gasteiger partial charge in [0.15, 0.2) is 0 Å². The Hall–Kier alpha value is -1.27. The molecule has 3 nitrogen and oxygen atoms in total. The predicted octanol–water partition coefficient (Wildman–Crippen LogP) is 2.93. The molecular formula is C15H20F3NO2. The van der Waals surface area contributed by atoms with Crippen LogP contribution in [0, 0.1) is 0 Å². The van der Waals surface area contributed by atoms with Crippen molar-refractivity contribution in [3.63, 3.8) is 0 Å². The van der Waals surface area contributed by atoms with Crippen molar-refractivity contribution in [3.8, 4) is 5.75 Å². The van der Waals surface area contributed by atoms with E-state index in [1.165, 1.54) is 18.2 Å². The van der Waals surface area contributed by atoms with Crippen LogP contribution in [0.2, 0.25) is 0 Å². The summed E-state index contributed by atoms with van der Waals surface area (Å²) in [5, 5.41) is 9.98. The number of piperidine rings is 1. The summed E-state index contributed by atoms with van der Waals surface area (Å²) >= 11 is 0. The van der Waals surface area contributed by atoms with E-state index in [1.807, 2.05) is 4.90 Å². The molecule has 1 aliphatic rings. The fourth-order valence-electron chi connectivity index (χ4n) is 2.63. The Kier molecular flexibility index (Phi) is 4.78. The minimum atomic E-state index is -4.41. The second-order valence-electron chi connectivity index (χ2n) is 5.72. The van der Waals surface area contributed by atoms with Crippen molar-refractivity contribution in [2.45, 2.75) is 31.5 Å². The quantitative estimate of drug-likeness (QED) is 0.928. The van der Waals surface area contributed by atoms with Gasteiger partial charge in [-0.25, -0.2) is 0 Å². The van der Waals surface area contributed by atoms with Crippen LogP contribution in [0.5, 0.6) is 5.75 Å². The number of alkyl halides is 3. The summed E-state index contributed by atoms with van der Waals surface area (Å²) in [4.78, 5) is 2.01. The number of nitrogens with zero attached hydrogens (tertiary/aromatic N) is 1. The molecule has 0 spiro atoms. The van der Waals surface area contributed by atoms with Crippen molar-refractivity contribution >= 4 is 0 Å². The van der Waals surface area contributed by atoms with Gasteiger partial charge in [0.1, 0.15) is 12.4 Å². The van der Waals surface area contributed by atoms with Crippen LogP contribution in [0.25, 0.3) is 0 Å². The van der Waals surface area contributed by atoms with Crippen LogP contribution in [0.4, 0.5) is 13.2 Å². The first-order valence-electron chi connectivity index (χ1n) is 7.02. The first kappa shape index (κ1) is 16.1. The van der Waals surface area contributed by atoms with E-state index in [4.69, 9.17) is 4.74 Å². The molecule has 1 saturated heterocycles. The summed E-state index contributed by atoms with van der Waals surface area (Å²) in [7, 11) is 0. The SMILES string of the molecule is CC1(O)CCCN(CCOc2ccccc2C(F)(F)F)C1. The summed E-state index contributed by atoms with van der Waals surface area (Å²) in [5.74, 6) is -0.145. The van der Waals surface area contributed by atoms with E-state index < -0.39 is 17.3 Å². The molecule has 6 heteroatoms. The van der Waals surface area contributed by atoms with Gasteiger partial charge in [-0.05, 0) is 38.4 Å². The molecule has 21 heavy (non-hydrogen) atoms. The van der Waals surface area contributed by atoms with E-state index in [2.05, 4.69) is 0 Å². The highest BCUT2D eigenvalue weighted by molar-refractivity contribution is 5.35. The first-order valence-corrected chi connectivity index (χ1v) is 7.02. The van der Waals surface area contributed by atoms with E-state index in [1.54, 1.807) is 6.92 Å². The molecular weight excluding hydrogens is 283 g/mol. The number of hydrogen-bond donors (Lipinski definition) is 1. The molecule has 0 aromatic heterocycles. The molecule has 1 fully saturated rings. The summed E-state index contributed by atoms with van der Waals surface area (Å²) in [6, 6.07) is 5.21. The minimum absolute atomic E-state index is 0.145. The molecule has 118 valence electrons. The Bertz CT molecular complexity index is 474. The monoisotopic (exact) mass is 303 g/mol. The molecule has 1 unspecified atom stereocenters. The predicted molar refractivity (Wildman–Crippen MR) is 73.2 cm³/mol. The zero-order valence-corrected chi connectivity index (χ0v) is 12.0. The Morgan fingerprint density at radius 2 is 2.05 bits per heavy atom. The van der Waals surface area contributed by atoms with Gasteiger partial charge < -0.3 is 9.84 Å². The van der Waals surface area contributed by atoms with Gasteiger partial charge in [-0.15, -0.1) is 0 Å². The number of ether oxygens (including phenoxy) is 1. The number of likely N-dealkylation sites (tertiary alicyclic amines) is 1. The molecule has 1 N–H and O–H groups in total. The largest absolute Gasteiger partial charge is 0.492 e. The summed E-state index contributed by atoms with van der Waals surface area (Å²) in [6.07, 6.45) is -2.78. The third-order valence-corrected chi connectivity index (χ3v) is 3.61. The van der Waals surface area contributed by atoms with Crippen LogP contribution >= 0.6 is 0 Å². The zero-order chi connectivity index (χ0) is 15.5. The van der Waals surface area contributed by atoms with Crippen molar-refractivity contribution in [2.24, 2.45) is 0 Å². The van der Waals surface area contributed by atoms with Crippen LogP contribution in [0.15, 0.2) is 24.3 Å². The maximum absolute atomic E-state index is 12.8. The van der Waals surface area contributed by atoms with E-state index >= 15 is 0 Å². The lowest BCUT2D eigenvalue weighted by atomic mass is 9.95. The highest BCUT2D eigenvalue weighted by Crippen LogP contribution is 2.35. The van der Waals surface area contributed by atoms with Gasteiger partial charge in [0, 0.05) is 13.1 Å². The van der Waals surface area contributed by atoms with E-state index in [0.717, 1.165) is 25.5 Å². The zero-order valence-electron chi connectivity index (χ0n) is 12.0. The molecule has 0 aliphatic carbocycles. The van der Waals surface area contributed by atoms with E-state index in [9.17, 15) is 18.3 Å². The van der Waals surface area contributed by atoms with Crippen molar-refractivity contribution in [1.29, 1.82) is 0 Å². The van der Waals surface area contributed by atoms with Crippen LogP contribution < -0.4 is 4.74 Å². The maximum atomic E-state index is 12.8. The van der Waals surface area contributed by atoms with Gasteiger partial charge in [0.05, 0.1) is 11.2 Å². The average Bonchev–Trinajstić information content (AvgIpc) is 2.37. The smallest absolute Gasteiger partial charge is 0.419 e. The maximum Gasteiger partial charge on any atom is 0.419 e. The molecule has 1 heterocycles. The fourth-order valence-corrected chi connectivity index (χ4v) is 2.63. The Morgan fingerprint density at radius 1 is 1.33 bits per heavy atom. The van der Waals surface area contributed by atoms with Crippen LogP contribution in [0.3, 0.4) is 0 Å². The van der Waals surface area contributed by atoms with Crippen molar-refractivity contribution < 1.29 is 23.0 Å². The highest BCUT2D eigenvalue weighted by atomic mass is 19.4. The molecule has 0 amide bonds. The van der Waals surface area contributed by atoms with Crippen LogP contribution in [0.1, 0.15) is 25.3 Å². The van der Waals surface area contributed by atoms with Gasteiger partial charge in [0.25, 0.3) is 0 Å². The summed E-state index contributed by atoms with van der Waals surface area (Å²) < 4.78 is 43.7. The number of benzene rings is 1. The van der Waals surface area contributed by atoms with Crippen molar-refractivity contribution in [2.75, 3.05) is 26.2 Å². The lowest BCUT2D eigenvalue weighted by Gasteiger charge is -2.36. The Balaban J connectivity index is 1.89. The number of rotatable bonds is 4. The Labute approximate surface area is 122 Å². The van der Waals surface area contributed by atoms with E-state index in [0.29, 0.717) is 13.1 Å². The standard InChI is InChI=1S/C15H20F3NO2/c1-14(20)7-4-8-19(11-14)9-10-21-13-6-3-2-5-12(13)15(16,17)18/h2-3,5-6,20H,4,7-11H2,1H3. The topological polar surface area (TPSA) is 32.7 Å². The second-order valence-corrected chi connectivity index (χ2v) is 5.72. The van der Waals surface area contributed by atoms with Gasteiger partial charge in [-0.3, -0.25) is 4.90 Å². The van der Waals surface area contributed by atoms with Crippen LogP contribution in [-0.4, -0.2) is 41.8 Å². The second kappa shape index (κ2) is 6.23. The van der Waals surface area contributed by atoms with Gasteiger partial charge in [-0.1, -0.05) is 12.1 Å². The Morgan fingerprint density at radius 3 is 2.71 bits per heavy atom. The third-order valence-electron chi connectivity index (χ3n) is 3.61. The number of aliphatic hydroxyl groups is 1. The molecule has 1 atom stereocenters. The van der Waals surface area contributed by atoms with E-state index in [-0.39, 0.29) is 12.4 Å².